The van der Waals surface area contributed by atoms with Crippen molar-refractivity contribution in [3.05, 3.63) is 22.8 Å². The lowest BCUT2D eigenvalue weighted by Crippen LogP contribution is -2.12. The van der Waals surface area contributed by atoms with Gasteiger partial charge in [0.2, 0.25) is 0 Å². The van der Waals surface area contributed by atoms with Crippen LogP contribution in [-0.2, 0) is 4.79 Å². The Morgan fingerprint density at radius 3 is 2.82 bits per heavy atom. The third-order valence-corrected chi connectivity index (χ3v) is 5.34. The summed E-state index contributed by atoms with van der Waals surface area (Å²) >= 11 is 4.92. The molecule has 0 N–H and O–H groups in total. The van der Waals surface area contributed by atoms with Gasteiger partial charge in [0, 0.05) is 12.5 Å². The SMILES string of the molecule is CC(C)n1c(SC2CCCC2=O)nnc1-c1cccc(Br)n1. The number of Topliss-reactive ketones (excluding diaryl/α,β-unsaturated/α-hetero) is 1. The van der Waals surface area contributed by atoms with Crippen molar-refractivity contribution in [2.24, 2.45) is 0 Å². The molecule has 1 aliphatic carbocycles. The fourth-order valence-corrected chi connectivity index (χ4v) is 4.20. The molecule has 0 radical (unpaired) electrons. The first-order chi connectivity index (χ1) is 10.6. The maximum Gasteiger partial charge on any atom is 0.192 e. The Bertz CT molecular complexity index is 701. The van der Waals surface area contributed by atoms with Gasteiger partial charge in [-0.2, -0.15) is 0 Å². The highest BCUT2D eigenvalue weighted by Gasteiger charge is 2.28. The summed E-state index contributed by atoms with van der Waals surface area (Å²) in [5, 5.41) is 9.44. The number of aromatic nitrogens is 4. The van der Waals surface area contributed by atoms with E-state index in [0.29, 0.717) is 12.2 Å². The highest BCUT2D eigenvalue weighted by molar-refractivity contribution is 9.10. The zero-order valence-electron chi connectivity index (χ0n) is 12.5. The van der Waals surface area contributed by atoms with Crippen molar-refractivity contribution in [3.63, 3.8) is 0 Å². The molecule has 3 rings (SSSR count). The van der Waals surface area contributed by atoms with Crippen molar-refractivity contribution < 1.29 is 4.79 Å². The Labute approximate surface area is 142 Å². The minimum Gasteiger partial charge on any atom is -0.298 e. The molecule has 1 saturated carbocycles. The number of thioether (sulfide) groups is 1. The topological polar surface area (TPSA) is 60.7 Å². The van der Waals surface area contributed by atoms with Gasteiger partial charge in [0.25, 0.3) is 0 Å². The Morgan fingerprint density at radius 2 is 2.18 bits per heavy atom. The third kappa shape index (κ3) is 3.10. The molecule has 0 amide bonds. The quantitative estimate of drug-likeness (QED) is 0.752. The van der Waals surface area contributed by atoms with Crippen LogP contribution in [0.5, 0.6) is 0 Å². The molecule has 0 bridgehead atoms. The lowest BCUT2D eigenvalue weighted by Gasteiger charge is -2.15. The number of halogens is 1. The van der Waals surface area contributed by atoms with Gasteiger partial charge in [-0.3, -0.25) is 9.36 Å². The average molecular weight is 381 g/mol. The van der Waals surface area contributed by atoms with Crippen molar-refractivity contribution in [2.75, 3.05) is 0 Å². The fourth-order valence-electron chi connectivity index (χ4n) is 2.57. The molecule has 1 atom stereocenters. The standard InChI is InChI=1S/C15H17BrN4OS/c1-9(2)20-14(10-5-3-8-13(16)17-10)18-19-15(20)22-12-7-4-6-11(12)21/h3,5,8-9,12H,4,6-7H2,1-2H3. The minimum absolute atomic E-state index is 0.0185. The predicted octanol–water partition coefficient (Wildman–Crippen LogP) is 3.90. The van der Waals surface area contributed by atoms with Crippen LogP contribution in [0.2, 0.25) is 0 Å². The van der Waals surface area contributed by atoms with E-state index in [-0.39, 0.29) is 11.3 Å². The second-order valence-corrected chi connectivity index (χ2v) is 7.56. The van der Waals surface area contributed by atoms with Gasteiger partial charge in [0.15, 0.2) is 11.0 Å². The fraction of sp³-hybridized carbons (Fsp3) is 0.467. The number of carbonyl (C=O) groups is 1. The second-order valence-electron chi connectivity index (χ2n) is 5.58. The molecular formula is C15H17BrN4OS. The number of hydrogen-bond donors (Lipinski definition) is 0. The second kappa shape index (κ2) is 6.50. The van der Waals surface area contributed by atoms with Crippen LogP contribution < -0.4 is 0 Å². The van der Waals surface area contributed by atoms with E-state index in [0.717, 1.165) is 34.1 Å². The van der Waals surface area contributed by atoms with Crippen LogP contribution in [0, 0.1) is 0 Å². The van der Waals surface area contributed by atoms with Crippen molar-refractivity contribution in [1.29, 1.82) is 0 Å². The lowest BCUT2D eigenvalue weighted by molar-refractivity contribution is -0.116. The number of hydrogen-bond acceptors (Lipinski definition) is 5. The first kappa shape index (κ1) is 15.7. The van der Waals surface area contributed by atoms with Gasteiger partial charge < -0.3 is 0 Å². The molecule has 0 aliphatic heterocycles. The first-order valence-electron chi connectivity index (χ1n) is 7.33. The van der Waals surface area contributed by atoms with E-state index in [2.05, 4.69) is 49.5 Å². The van der Waals surface area contributed by atoms with Crippen molar-refractivity contribution >= 4 is 33.5 Å². The summed E-state index contributed by atoms with van der Waals surface area (Å²) < 4.78 is 2.83. The van der Waals surface area contributed by atoms with Gasteiger partial charge in [0.05, 0.1) is 5.25 Å². The average Bonchev–Trinajstić information content (AvgIpc) is 3.06. The lowest BCUT2D eigenvalue weighted by atomic mass is 10.3. The summed E-state index contributed by atoms with van der Waals surface area (Å²) in [6.45, 7) is 4.18. The molecule has 2 aromatic rings. The predicted molar refractivity (Wildman–Crippen MR) is 89.8 cm³/mol. The van der Waals surface area contributed by atoms with Gasteiger partial charge in [-0.25, -0.2) is 4.98 Å². The molecule has 1 aliphatic rings. The summed E-state index contributed by atoms with van der Waals surface area (Å²) in [5.41, 5.74) is 0.778. The van der Waals surface area contributed by atoms with Gasteiger partial charge in [0.1, 0.15) is 16.1 Å². The molecule has 7 heteroatoms. The maximum absolute atomic E-state index is 11.9. The van der Waals surface area contributed by atoms with Gasteiger partial charge >= 0.3 is 0 Å². The molecule has 5 nitrogen and oxygen atoms in total. The summed E-state index contributed by atoms with van der Waals surface area (Å²) in [4.78, 5) is 16.3. The number of nitrogens with zero attached hydrogens (tertiary/aromatic N) is 4. The third-order valence-electron chi connectivity index (χ3n) is 3.62. The highest BCUT2D eigenvalue weighted by Crippen LogP contribution is 2.34. The highest BCUT2D eigenvalue weighted by atomic mass is 79.9. The van der Waals surface area contributed by atoms with Gasteiger partial charge in [-0.1, -0.05) is 17.8 Å². The molecule has 2 aromatic heterocycles. The minimum atomic E-state index is 0.0185. The Hall–Kier alpha value is -1.21. The molecule has 22 heavy (non-hydrogen) atoms. The van der Waals surface area contributed by atoms with Crippen LogP contribution in [0.15, 0.2) is 28.0 Å². The number of pyridine rings is 1. The van der Waals surface area contributed by atoms with E-state index in [9.17, 15) is 4.79 Å². The van der Waals surface area contributed by atoms with Crippen LogP contribution >= 0.6 is 27.7 Å². The van der Waals surface area contributed by atoms with Crippen molar-refractivity contribution in [1.82, 2.24) is 19.7 Å². The molecule has 0 aromatic carbocycles. The monoisotopic (exact) mass is 380 g/mol. The Kier molecular flexibility index (Phi) is 4.63. The van der Waals surface area contributed by atoms with E-state index in [1.807, 2.05) is 18.2 Å². The normalized spacial score (nSPS) is 18.4. The molecule has 0 spiro atoms. The van der Waals surface area contributed by atoms with E-state index >= 15 is 0 Å². The number of rotatable bonds is 4. The summed E-state index contributed by atoms with van der Waals surface area (Å²) in [6, 6.07) is 5.93. The van der Waals surface area contributed by atoms with E-state index in [1.165, 1.54) is 11.8 Å². The van der Waals surface area contributed by atoms with Crippen molar-refractivity contribution in [2.45, 2.75) is 49.6 Å². The smallest absolute Gasteiger partial charge is 0.192 e. The molecule has 0 saturated heterocycles. The zero-order valence-corrected chi connectivity index (χ0v) is 14.9. The van der Waals surface area contributed by atoms with Crippen LogP contribution in [-0.4, -0.2) is 30.8 Å². The van der Waals surface area contributed by atoms with Crippen LogP contribution in [0.25, 0.3) is 11.5 Å². The summed E-state index contributed by atoms with van der Waals surface area (Å²) in [7, 11) is 0. The Morgan fingerprint density at radius 1 is 1.36 bits per heavy atom. The first-order valence-corrected chi connectivity index (χ1v) is 9.00. The van der Waals surface area contributed by atoms with Gasteiger partial charge in [-0.15, -0.1) is 10.2 Å². The van der Waals surface area contributed by atoms with Crippen LogP contribution in [0.4, 0.5) is 0 Å². The number of ketones is 1. The maximum atomic E-state index is 11.9. The molecule has 1 unspecified atom stereocenters. The summed E-state index contributed by atoms with van der Waals surface area (Å²) in [5.74, 6) is 1.06. The summed E-state index contributed by atoms with van der Waals surface area (Å²) in [6.07, 6.45) is 2.60. The molecular weight excluding hydrogens is 364 g/mol. The zero-order chi connectivity index (χ0) is 15.7. The van der Waals surface area contributed by atoms with E-state index < -0.39 is 0 Å². The molecule has 116 valence electrons. The van der Waals surface area contributed by atoms with E-state index in [1.54, 1.807) is 0 Å². The molecule has 2 heterocycles. The number of carbonyl (C=O) groups excluding carboxylic acids is 1. The van der Waals surface area contributed by atoms with Crippen LogP contribution in [0.3, 0.4) is 0 Å². The Balaban J connectivity index is 1.97. The van der Waals surface area contributed by atoms with Crippen LogP contribution in [0.1, 0.15) is 39.2 Å². The van der Waals surface area contributed by atoms with Crippen molar-refractivity contribution in [3.8, 4) is 11.5 Å². The van der Waals surface area contributed by atoms with Gasteiger partial charge in [-0.05, 0) is 54.8 Å². The molecule has 1 fully saturated rings. The largest absolute Gasteiger partial charge is 0.298 e. The van der Waals surface area contributed by atoms with E-state index in [4.69, 9.17) is 0 Å².